The average molecular weight is 365 g/mol. The van der Waals surface area contributed by atoms with E-state index in [9.17, 15) is 14.4 Å². The van der Waals surface area contributed by atoms with Crippen molar-refractivity contribution in [3.63, 3.8) is 0 Å². The topological polar surface area (TPSA) is 79.4 Å². The number of pyridine rings is 1. The fourth-order valence-electron chi connectivity index (χ4n) is 3.07. The minimum Gasteiger partial charge on any atom is -0.337 e. The number of carbonyl (C=O) groups is 3. The van der Waals surface area contributed by atoms with Crippen molar-refractivity contribution in [2.75, 3.05) is 18.4 Å². The van der Waals surface area contributed by atoms with Crippen LogP contribution in [0.2, 0.25) is 0 Å². The first-order chi connectivity index (χ1) is 12.9. The minimum absolute atomic E-state index is 0.0762. The fraction of sp³-hybridized carbons (Fsp3) is 0.333. The Kier molecular flexibility index (Phi) is 5.64. The highest BCUT2D eigenvalue weighted by molar-refractivity contribution is 6.04. The van der Waals surface area contributed by atoms with Crippen LogP contribution in [-0.2, 0) is 0 Å². The van der Waals surface area contributed by atoms with Crippen molar-refractivity contribution in [3.05, 3.63) is 59.4 Å². The van der Waals surface area contributed by atoms with Crippen LogP contribution in [0.5, 0.6) is 0 Å². The molecule has 1 aliphatic heterocycles. The Morgan fingerprint density at radius 2 is 1.70 bits per heavy atom. The third-order valence-electron chi connectivity index (χ3n) is 4.80. The average Bonchev–Trinajstić information content (AvgIpc) is 2.68. The number of ketones is 1. The molecule has 2 aromatic rings. The lowest BCUT2D eigenvalue weighted by Crippen LogP contribution is -2.38. The zero-order valence-electron chi connectivity index (χ0n) is 15.6. The van der Waals surface area contributed by atoms with Crippen LogP contribution < -0.4 is 5.32 Å². The van der Waals surface area contributed by atoms with Gasteiger partial charge in [0.25, 0.3) is 11.8 Å². The number of Topliss-reactive ketones (excluding diaryl/α,β-unsaturated/α-hetero) is 1. The highest BCUT2D eigenvalue weighted by Crippen LogP contribution is 2.18. The Hall–Kier alpha value is -3.02. The van der Waals surface area contributed by atoms with Gasteiger partial charge in [0.2, 0.25) is 0 Å². The van der Waals surface area contributed by atoms with Crippen molar-refractivity contribution in [3.8, 4) is 0 Å². The number of nitrogens with one attached hydrogen (secondary N) is 1. The molecule has 1 fully saturated rings. The number of hydrogen-bond donors (Lipinski definition) is 1. The van der Waals surface area contributed by atoms with Gasteiger partial charge in [-0.15, -0.1) is 0 Å². The third-order valence-corrected chi connectivity index (χ3v) is 4.80. The lowest BCUT2D eigenvalue weighted by Gasteiger charge is -2.30. The summed E-state index contributed by atoms with van der Waals surface area (Å²) in [6.07, 6.45) is 1.97. The van der Waals surface area contributed by atoms with Crippen molar-refractivity contribution in [1.82, 2.24) is 9.88 Å². The quantitative estimate of drug-likeness (QED) is 0.842. The smallest absolute Gasteiger partial charge is 0.274 e. The van der Waals surface area contributed by atoms with Crippen molar-refractivity contribution < 1.29 is 14.4 Å². The number of likely N-dealkylation sites (tertiary alicyclic amines) is 1. The number of nitrogens with zero attached hydrogens (tertiary/aromatic N) is 2. The second-order valence-corrected chi connectivity index (χ2v) is 6.97. The largest absolute Gasteiger partial charge is 0.337 e. The van der Waals surface area contributed by atoms with Gasteiger partial charge in [-0.2, -0.15) is 0 Å². The third kappa shape index (κ3) is 4.58. The van der Waals surface area contributed by atoms with E-state index in [1.54, 1.807) is 47.4 Å². The SMILES string of the molecule is CC(=O)c1cccc(NC(=O)c2cccc(C(=O)N3CCC(C)CC3)n2)c1. The van der Waals surface area contributed by atoms with Gasteiger partial charge in [0.1, 0.15) is 11.4 Å². The van der Waals surface area contributed by atoms with Crippen LogP contribution in [0.3, 0.4) is 0 Å². The van der Waals surface area contributed by atoms with Crippen LogP contribution in [0.15, 0.2) is 42.5 Å². The monoisotopic (exact) mass is 365 g/mol. The normalized spacial score (nSPS) is 14.7. The summed E-state index contributed by atoms with van der Waals surface area (Å²) in [6, 6.07) is 11.6. The molecule has 2 amide bonds. The number of benzene rings is 1. The lowest BCUT2D eigenvalue weighted by molar-refractivity contribution is 0.0691. The van der Waals surface area contributed by atoms with Crippen molar-refractivity contribution in [1.29, 1.82) is 0 Å². The molecule has 3 rings (SSSR count). The van der Waals surface area contributed by atoms with E-state index in [4.69, 9.17) is 0 Å². The second-order valence-electron chi connectivity index (χ2n) is 6.97. The van der Waals surface area contributed by atoms with E-state index in [1.165, 1.54) is 6.92 Å². The summed E-state index contributed by atoms with van der Waals surface area (Å²) >= 11 is 0. The summed E-state index contributed by atoms with van der Waals surface area (Å²) in [6.45, 7) is 5.09. The van der Waals surface area contributed by atoms with Gasteiger partial charge in [-0.05, 0) is 49.9 Å². The molecule has 0 bridgehead atoms. The predicted molar refractivity (Wildman–Crippen MR) is 103 cm³/mol. The molecule has 0 unspecified atom stereocenters. The number of hydrogen-bond acceptors (Lipinski definition) is 4. The highest BCUT2D eigenvalue weighted by atomic mass is 16.2. The lowest BCUT2D eigenvalue weighted by atomic mass is 9.99. The van der Waals surface area contributed by atoms with Gasteiger partial charge in [0.05, 0.1) is 0 Å². The summed E-state index contributed by atoms with van der Waals surface area (Å²) < 4.78 is 0. The van der Waals surface area contributed by atoms with Gasteiger partial charge in [-0.3, -0.25) is 14.4 Å². The maximum absolute atomic E-state index is 12.7. The highest BCUT2D eigenvalue weighted by Gasteiger charge is 2.23. The molecule has 27 heavy (non-hydrogen) atoms. The Bertz CT molecular complexity index is 870. The number of piperidine rings is 1. The maximum atomic E-state index is 12.7. The molecular formula is C21H23N3O3. The van der Waals surface area contributed by atoms with E-state index >= 15 is 0 Å². The van der Waals surface area contributed by atoms with Crippen LogP contribution in [0.4, 0.5) is 5.69 Å². The zero-order chi connectivity index (χ0) is 19.4. The molecule has 1 aromatic heterocycles. The van der Waals surface area contributed by atoms with Gasteiger partial charge in [-0.25, -0.2) is 4.98 Å². The molecular weight excluding hydrogens is 342 g/mol. The van der Waals surface area contributed by atoms with E-state index in [2.05, 4.69) is 17.2 Å². The summed E-state index contributed by atoms with van der Waals surface area (Å²) in [5.41, 5.74) is 1.47. The second kappa shape index (κ2) is 8.12. The standard InChI is InChI=1S/C21H23N3O3/c1-14-9-11-24(12-10-14)21(27)19-8-4-7-18(23-19)20(26)22-17-6-3-5-16(13-17)15(2)25/h3-8,13-14H,9-12H2,1-2H3,(H,22,26). The van der Waals surface area contributed by atoms with E-state index in [0.717, 1.165) is 25.9 Å². The summed E-state index contributed by atoms with van der Waals surface area (Å²) in [7, 11) is 0. The number of anilines is 1. The molecule has 6 heteroatoms. The summed E-state index contributed by atoms with van der Waals surface area (Å²) in [5, 5.41) is 2.73. The van der Waals surface area contributed by atoms with Crippen LogP contribution in [0.1, 0.15) is 58.0 Å². The van der Waals surface area contributed by atoms with Crippen LogP contribution in [0.25, 0.3) is 0 Å². The molecule has 0 aliphatic carbocycles. The molecule has 1 aromatic carbocycles. The molecule has 0 radical (unpaired) electrons. The van der Waals surface area contributed by atoms with Crippen molar-refractivity contribution in [2.45, 2.75) is 26.7 Å². The first kappa shape index (κ1) is 18.8. The van der Waals surface area contributed by atoms with Gasteiger partial charge >= 0.3 is 0 Å². The van der Waals surface area contributed by atoms with Gasteiger partial charge in [0.15, 0.2) is 5.78 Å². The van der Waals surface area contributed by atoms with E-state index in [1.807, 2.05) is 0 Å². The number of carbonyl (C=O) groups excluding carboxylic acids is 3. The van der Waals surface area contributed by atoms with Crippen molar-refractivity contribution >= 4 is 23.3 Å². The molecule has 2 heterocycles. The summed E-state index contributed by atoms with van der Waals surface area (Å²) in [5.74, 6) is -0.00898. The Morgan fingerprint density at radius 1 is 1.04 bits per heavy atom. The number of rotatable bonds is 4. The van der Waals surface area contributed by atoms with Crippen molar-refractivity contribution in [2.24, 2.45) is 5.92 Å². The number of aromatic nitrogens is 1. The molecule has 0 atom stereocenters. The first-order valence-corrected chi connectivity index (χ1v) is 9.12. The van der Waals surface area contributed by atoms with E-state index in [0.29, 0.717) is 17.2 Å². The molecule has 0 spiro atoms. The Labute approximate surface area is 158 Å². The minimum atomic E-state index is -0.419. The van der Waals surface area contributed by atoms with Gasteiger partial charge in [0, 0.05) is 24.3 Å². The number of amides is 2. The van der Waals surface area contributed by atoms with Crippen LogP contribution >= 0.6 is 0 Å². The predicted octanol–water partition coefficient (Wildman–Crippen LogP) is 3.41. The molecule has 140 valence electrons. The van der Waals surface area contributed by atoms with Crippen LogP contribution in [0, 0.1) is 5.92 Å². The maximum Gasteiger partial charge on any atom is 0.274 e. The Balaban J connectivity index is 1.73. The van der Waals surface area contributed by atoms with E-state index in [-0.39, 0.29) is 23.1 Å². The first-order valence-electron chi connectivity index (χ1n) is 9.12. The zero-order valence-corrected chi connectivity index (χ0v) is 15.6. The van der Waals surface area contributed by atoms with Crippen LogP contribution in [-0.4, -0.2) is 40.6 Å². The van der Waals surface area contributed by atoms with E-state index < -0.39 is 5.91 Å². The van der Waals surface area contributed by atoms with Gasteiger partial charge in [-0.1, -0.05) is 25.1 Å². The van der Waals surface area contributed by atoms with Gasteiger partial charge < -0.3 is 10.2 Å². The molecule has 0 saturated carbocycles. The molecule has 1 saturated heterocycles. The molecule has 1 aliphatic rings. The fourth-order valence-corrected chi connectivity index (χ4v) is 3.07. The molecule has 1 N–H and O–H groups in total. The molecule has 6 nitrogen and oxygen atoms in total. The summed E-state index contributed by atoms with van der Waals surface area (Å²) in [4.78, 5) is 42.7. The Morgan fingerprint density at radius 3 is 2.41 bits per heavy atom.